The highest BCUT2D eigenvalue weighted by atomic mass is 19.2. The van der Waals surface area contributed by atoms with Gasteiger partial charge in [0.25, 0.3) is 0 Å². The van der Waals surface area contributed by atoms with Crippen molar-refractivity contribution in [1.29, 1.82) is 0 Å². The third-order valence-corrected chi connectivity index (χ3v) is 3.59. The third-order valence-electron chi connectivity index (χ3n) is 3.59. The molecule has 0 aromatic heterocycles. The first-order chi connectivity index (χ1) is 7.63. The standard InChI is InChI=1S/C12H15F2NO/c13-10-4-8(6-16)9(5-11(10)14)12(7-15)2-1-3-12/h4-5,16H,1-3,6-7,15H2. The van der Waals surface area contributed by atoms with Crippen molar-refractivity contribution in [2.75, 3.05) is 6.54 Å². The molecule has 0 unspecified atom stereocenters. The molecule has 0 atom stereocenters. The number of hydrogen-bond donors (Lipinski definition) is 2. The molecule has 1 aromatic rings. The molecule has 0 radical (unpaired) electrons. The van der Waals surface area contributed by atoms with E-state index in [0.717, 1.165) is 25.3 Å². The van der Waals surface area contributed by atoms with Crippen molar-refractivity contribution in [1.82, 2.24) is 0 Å². The first-order valence-electron chi connectivity index (χ1n) is 5.42. The lowest BCUT2D eigenvalue weighted by Crippen LogP contribution is -2.42. The lowest BCUT2D eigenvalue weighted by atomic mass is 9.63. The molecule has 1 aromatic carbocycles. The third kappa shape index (κ3) is 1.62. The van der Waals surface area contributed by atoms with Crippen LogP contribution >= 0.6 is 0 Å². The monoisotopic (exact) mass is 227 g/mol. The Morgan fingerprint density at radius 3 is 2.31 bits per heavy atom. The van der Waals surface area contributed by atoms with E-state index in [2.05, 4.69) is 0 Å². The summed E-state index contributed by atoms with van der Waals surface area (Å²) < 4.78 is 26.3. The van der Waals surface area contributed by atoms with Gasteiger partial charge in [-0.3, -0.25) is 0 Å². The summed E-state index contributed by atoms with van der Waals surface area (Å²) in [5, 5.41) is 9.18. The van der Waals surface area contributed by atoms with Gasteiger partial charge in [-0.05, 0) is 36.1 Å². The first kappa shape index (κ1) is 11.5. The lowest BCUT2D eigenvalue weighted by Gasteiger charge is -2.42. The quantitative estimate of drug-likeness (QED) is 0.827. The predicted octanol–water partition coefficient (Wildman–Crippen LogP) is 1.84. The molecule has 16 heavy (non-hydrogen) atoms. The molecule has 0 aliphatic heterocycles. The van der Waals surface area contributed by atoms with Gasteiger partial charge in [-0.1, -0.05) is 6.42 Å². The molecule has 1 aliphatic rings. The minimum Gasteiger partial charge on any atom is -0.392 e. The van der Waals surface area contributed by atoms with Crippen LogP contribution in [-0.4, -0.2) is 11.7 Å². The molecule has 1 saturated carbocycles. The van der Waals surface area contributed by atoms with Gasteiger partial charge >= 0.3 is 0 Å². The Balaban J connectivity index is 2.50. The number of rotatable bonds is 3. The molecule has 2 nitrogen and oxygen atoms in total. The Bertz CT molecular complexity index is 397. The number of aliphatic hydroxyl groups is 1. The van der Waals surface area contributed by atoms with Crippen molar-refractivity contribution < 1.29 is 13.9 Å². The molecule has 0 spiro atoms. The van der Waals surface area contributed by atoms with Gasteiger partial charge in [-0.2, -0.15) is 0 Å². The zero-order valence-corrected chi connectivity index (χ0v) is 8.97. The molecule has 0 saturated heterocycles. The second-order valence-corrected chi connectivity index (χ2v) is 4.42. The highest BCUT2D eigenvalue weighted by molar-refractivity contribution is 5.37. The molecule has 2 rings (SSSR count). The molecular weight excluding hydrogens is 212 g/mol. The maximum Gasteiger partial charge on any atom is 0.159 e. The molecule has 1 aliphatic carbocycles. The Hall–Kier alpha value is -1.00. The Morgan fingerprint density at radius 1 is 1.25 bits per heavy atom. The molecule has 88 valence electrons. The molecule has 0 heterocycles. The van der Waals surface area contributed by atoms with Gasteiger partial charge in [0.2, 0.25) is 0 Å². The summed E-state index contributed by atoms with van der Waals surface area (Å²) in [4.78, 5) is 0. The normalized spacial score (nSPS) is 18.2. The number of nitrogens with two attached hydrogens (primary N) is 1. The number of halogens is 2. The SMILES string of the molecule is NCC1(c2cc(F)c(F)cc2CO)CCC1. The summed E-state index contributed by atoms with van der Waals surface area (Å²) in [5.41, 5.74) is 6.57. The average Bonchev–Trinajstić information content (AvgIpc) is 2.22. The molecular formula is C12H15F2NO. The fraction of sp³-hybridized carbons (Fsp3) is 0.500. The van der Waals surface area contributed by atoms with Gasteiger partial charge in [0.15, 0.2) is 11.6 Å². The van der Waals surface area contributed by atoms with Crippen LogP contribution in [0.3, 0.4) is 0 Å². The van der Waals surface area contributed by atoms with Crippen molar-refractivity contribution >= 4 is 0 Å². The maximum absolute atomic E-state index is 13.2. The van der Waals surface area contributed by atoms with Crippen LogP contribution in [0.4, 0.5) is 8.78 Å². The first-order valence-corrected chi connectivity index (χ1v) is 5.42. The van der Waals surface area contributed by atoms with E-state index in [4.69, 9.17) is 5.73 Å². The van der Waals surface area contributed by atoms with Gasteiger partial charge in [0, 0.05) is 12.0 Å². The van der Waals surface area contributed by atoms with Crippen LogP contribution < -0.4 is 5.73 Å². The fourth-order valence-corrected chi connectivity index (χ4v) is 2.40. The second kappa shape index (κ2) is 4.11. The largest absolute Gasteiger partial charge is 0.392 e. The van der Waals surface area contributed by atoms with Crippen LogP contribution in [-0.2, 0) is 12.0 Å². The molecule has 0 amide bonds. The van der Waals surface area contributed by atoms with Crippen LogP contribution in [0.5, 0.6) is 0 Å². The number of hydrogen-bond acceptors (Lipinski definition) is 2. The minimum absolute atomic E-state index is 0.257. The maximum atomic E-state index is 13.2. The van der Waals surface area contributed by atoms with E-state index >= 15 is 0 Å². The summed E-state index contributed by atoms with van der Waals surface area (Å²) in [6.45, 7) is 0.124. The van der Waals surface area contributed by atoms with Crippen LogP contribution in [0.15, 0.2) is 12.1 Å². The second-order valence-electron chi connectivity index (χ2n) is 4.42. The number of aliphatic hydroxyl groups excluding tert-OH is 1. The Labute approximate surface area is 93.1 Å². The fourth-order valence-electron chi connectivity index (χ4n) is 2.40. The average molecular weight is 227 g/mol. The summed E-state index contributed by atoms with van der Waals surface area (Å²) >= 11 is 0. The van der Waals surface area contributed by atoms with Gasteiger partial charge in [-0.25, -0.2) is 8.78 Å². The summed E-state index contributed by atoms with van der Waals surface area (Å²) in [6.07, 6.45) is 2.80. The molecule has 3 N–H and O–H groups in total. The Morgan fingerprint density at radius 2 is 1.88 bits per heavy atom. The predicted molar refractivity (Wildman–Crippen MR) is 56.9 cm³/mol. The van der Waals surface area contributed by atoms with E-state index in [9.17, 15) is 13.9 Å². The molecule has 0 bridgehead atoms. The van der Waals surface area contributed by atoms with E-state index in [1.54, 1.807) is 0 Å². The molecule has 4 heteroatoms. The molecule has 1 fully saturated rings. The van der Waals surface area contributed by atoms with Gasteiger partial charge in [-0.15, -0.1) is 0 Å². The van der Waals surface area contributed by atoms with Crippen molar-refractivity contribution in [2.24, 2.45) is 5.73 Å². The smallest absolute Gasteiger partial charge is 0.159 e. The number of benzene rings is 1. The van der Waals surface area contributed by atoms with Crippen LogP contribution in [0.2, 0.25) is 0 Å². The van der Waals surface area contributed by atoms with Crippen LogP contribution in [0.1, 0.15) is 30.4 Å². The zero-order chi connectivity index (χ0) is 11.8. The van der Waals surface area contributed by atoms with E-state index in [-0.39, 0.29) is 12.0 Å². The van der Waals surface area contributed by atoms with E-state index in [1.807, 2.05) is 0 Å². The van der Waals surface area contributed by atoms with Crippen molar-refractivity contribution in [2.45, 2.75) is 31.3 Å². The highest BCUT2D eigenvalue weighted by Crippen LogP contribution is 2.44. The van der Waals surface area contributed by atoms with Crippen molar-refractivity contribution in [3.63, 3.8) is 0 Å². The van der Waals surface area contributed by atoms with Crippen LogP contribution in [0, 0.1) is 11.6 Å². The van der Waals surface area contributed by atoms with Crippen molar-refractivity contribution in [3.05, 3.63) is 34.9 Å². The summed E-state index contributed by atoms with van der Waals surface area (Å²) in [7, 11) is 0. The minimum atomic E-state index is -0.917. The lowest BCUT2D eigenvalue weighted by molar-refractivity contribution is 0.235. The van der Waals surface area contributed by atoms with Gasteiger partial charge in [0.1, 0.15) is 0 Å². The zero-order valence-electron chi connectivity index (χ0n) is 8.97. The topological polar surface area (TPSA) is 46.2 Å². The van der Waals surface area contributed by atoms with Gasteiger partial charge in [0.05, 0.1) is 6.61 Å². The van der Waals surface area contributed by atoms with Gasteiger partial charge < -0.3 is 10.8 Å². The highest BCUT2D eigenvalue weighted by Gasteiger charge is 2.39. The van der Waals surface area contributed by atoms with E-state index < -0.39 is 11.6 Å². The Kier molecular flexibility index (Phi) is 2.95. The van der Waals surface area contributed by atoms with E-state index in [0.29, 0.717) is 17.7 Å². The summed E-state index contributed by atoms with van der Waals surface area (Å²) in [5.74, 6) is -1.79. The van der Waals surface area contributed by atoms with E-state index in [1.165, 1.54) is 6.07 Å². The van der Waals surface area contributed by atoms with Crippen molar-refractivity contribution in [3.8, 4) is 0 Å². The summed E-state index contributed by atoms with van der Waals surface area (Å²) in [6, 6.07) is 2.26. The van der Waals surface area contributed by atoms with Crippen LogP contribution in [0.25, 0.3) is 0 Å².